The molecule has 2 aromatic carbocycles. The summed E-state index contributed by atoms with van der Waals surface area (Å²) in [4.78, 5) is 15.7. The average Bonchev–Trinajstić information content (AvgIpc) is 3.05. The van der Waals surface area contributed by atoms with Crippen LogP contribution < -0.4 is 10.5 Å². The monoisotopic (exact) mass is 400 g/mol. The molecule has 0 unspecified atom stereocenters. The number of aromatic nitrogens is 4. The molecule has 2 aromatic heterocycles. The number of rotatable bonds is 4. The van der Waals surface area contributed by atoms with Gasteiger partial charge in [-0.05, 0) is 36.4 Å². The minimum atomic E-state index is -3.86. The van der Waals surface area contributed by atoms with Gasteiger partial charge in [0.15, 0.2) is 0 Å². The Kier molecular flexibility index (Phi) is 4.17. The Morgan fingerprint density at radius 1 is 1.04 bits per heavy atom. The van der Waals surface area contributed by atoms with Crippen LogP contribution in [0.2, 0.25) is 5.02 Å². The number of nitrogen functional groups attached to an aromatic ring is 1. The molecular weight excluding hydrogens is 388 g/mol. The zero-order valence-corrected chi connectivity index (χ0v) is 15.3. The van der Waals surface area contributed by atoms with E-state index < -0.39 is 10.0 Å². The van der Waals surface area contributed by atoms with Crippen molar-refractivity contribution in [3.05, 3.63) is 59.8 Å². The standard InChI is InChI=1S/C17H13ClN6O2S/c18-10-5-7-11(8-6-10)27(25,26)24-17-20-9-12(15(19)23-17)16-21-13-3-1-2-4-14(13)22-16/h1-9H,(H,21,22)(H3,19,20,23,24). The summed E-state index contributed by atoms with van der Waals surface area (Å²) in [5.41, 5.74) is 8.09. The number of imidazole rings is 1. The molecule has 0 spiro atoms. The molecule has 2 heterocycles. The quantitative estimate of drug-likeness (QED) is 0.483. The first-order valence-corrected chi connectivity index (χ1v) is 9.64. The van der Waals surface area contributed by atoms with Crippen LogP contribution in [0, 0.1) is 0 Å². The molecule has 136 valence electrons. The van der Waals surface area contributed by atoms with Gasteiger partial charge in [0.2, 0.25) is 5.95 Å². The van der Waals surface area contributed by atoms with Crippen molar-refractivity contribution in [3.63, 3.8) is 0 Å². The smallest absolute Gasteiger partial charge is 0.264 e. The number of aromatic amines is 1. The molecule has 0 radical (unpaired) electrons. The molecule has 0 aliphatic heterocycles. The van der Waals surface area contributed by atoms with Crippen LogP contribution in [-0.2, 0) is 10.0 Å². The number of fused-ring (bicyclic) bond motifs is 1. The lowest BCUT2D eigenvalue weighted by Gasteiger charge is -2.08. The van der Waals surface area contributed by atoms with Gasteiger partial charge in [-0.15, -0.1) is 0 Å². The number of nitrogens with zero attached hydrogens (tertiary/aromatic N) is 3. The van der Waals surface area contributed by atoms with Gasteiger partial charge in [0.1, 0.15) is 11.6 Å². The van der Waals surface area contributed by atoms with E-state index in [2.05, 4.69) is 24.7 Å². The van der Waals surface area contributed by atoms with Crippen molar-refractivity contribution in [1.29, 1.82) is 0 Å². The number of sulfonamides is 1. The fraction of sp³-hybridized carbons (Fsp3) is 0. The van der Waals surface area contributed by atoms with Crippen molar-refractivity contribution in [1.82, 2.24) is 19.9 Å². The Hall–Kier alpha value is -3.17. The van der Waals surface area contributed by atoms with E-state index in [9.17, 15) is 8.42 Å². The Morgan fingerprint density at radius 3 is 2.48 bits per heavy atom. The summed E-state index contributed by atoms with van der Waals surface area (Å²) in [5, 5.41) is 0.435. The highest BCUT2D eigenvalue weighted by atomic mass is 35.5. The second-order valence-electron chi connectivity index (χ2n) is 5.65. The third-order valence-corrected chi connectivity index (χ3v) is 5.41. The van der Waals surface area contributed by atoms with E-state index in [0.29, 0.717) is 16.4 Å². The molecular formula is C17H13ClN6O2S. The van der Waals surface area contributed by atoms with Gasteiger partial charge in [-0.2, -0.15) is 4.98 Å². The van der Waals surface area contributed by atoms with Crippen molar-refractivity contribution in [2.45, 2.75) is 4.90 Å². The predicted octanol–water partition coefficient (Wildman–Crippen LogP) is 3.06. The van der Waals surface area contributed by atoms with Gasteiger partial charge in [0.25, 0.3) is 10.0 Å². The number of nitrogens with one attached hydrogen (secondary N) is 2. The topological polar surface area (TPSA) is 127 Å². The van der Waals surface area contributed by atoms with Gasteiger partial charge in [-0.1, -0.05) is 23.7 Å². The maximum absolute atomic E-state index is 12.4. The fourth-order valence-electron chi connectivity index (χ4n) is 2.50. The number of hydrogen-bond acceptors (Lipinski definition) is 6. The third-order valence-electron chi connectivity index (χ3n) is 3.81. The summed E-state index contributed by atoms with van der Waals surface area (Å²) in [6, 6.07) is 13.2. The van der Waals surface area contributed by atoms with E-state index >= 15 is 0 Å². The summed E-state index contributed by atoms with van der Waals surface area (Å²) < 4.78 is 27.1. The molecule has 0 fully saturated rings. The number of anilines is 2. The maximum Gasteiger partial charge on any atom is 0.264 e. The number of hydrogen-bond donors (Lipinski definition) is 3. The molecule has 4 N–H and O–H groups in total. The highest BCUT2D eigenvalue weighted by Crippen LogP contribution is 2.25. The fourth-order valence-corrected chi connectivity index (χ4v) is 3.58. The van der Waals surface area contributed by atoms with Crippen LogP contribution in [0.5, 0.6) is 0 Å². The van der Waals surface area contributed by atoms with Gasteiger partial charge in [0.05, 0.1) is 21.5 Å². The normalized spacial score (nSPS) is 11.6. The molecule has 8 nitrogen and oxygen atoms in total. The molecule has 0 saturated heterocycles. The lowest BCUT2D eigenvalue weighted by Crippen LogP contribution is -2.15. The molecule has 0 aliphatic carbocycles. The van der Waals surface area contributed by atoms with Crippen molar-refractivity contribution in [2.24, 2.45) is 0 Å². The molecule has 10 heteroatoms. The Morgan fingerprint density at radius 2 is 1.78 bits per heavy atom. The Labute approximate surface area is 159 Å². The van der Waals surface area contributed by atoms with Gasteiger partial charge < -0.3 is 10.7 Å². The maximum atomic E-state index is 12.4. The van der Waals surface area contributed by atoms with E-state index in [1.807, 2.05) is 24.3 Å². The number of nitrogens with two attached hydrogens (primary N) is 1. The first-order chi connectivity index (χ1) is 12.9. The zero-order chi connectivity index (χ0) is 19.0. The second-order valence-corrected chi connectivity index (χ2v) is 7.77. The predicted molar refractivity (Wildman–Crippen MR) is 104 cm³/mol. The van der Waals surface area contributed by atoms with Crippen molar-refractivity contribution >= 4 is 44.4 Å². The van der Waals surface area contributed by atoms with E-state index in [-0.39, 0.29) is 16.7 Å². The number of H-pyrrole nitrogens is 1. The summed E-state index contributed by atoms with van der Waals surface area (Å²) >= 11 is 5.78. The minimum absolute atomic E-state index is 0.0374. The van der Waals surface area contributed by atoms with Gasteiger partial charge >= 0.3 is 0 Å². The molecule has 0 amide bonds. The van der Waals surface area contributed by atoms with E-state index in [0.717, 1.165) is 11.0 Å². The van der Waals surface area contributed by atoms with Gasteiger partial charge in [0, 0.05) is 11.2 Å². The summed E-state index contributed by atoms with van der Waals surface area (Å²) in [6.45, 7) is 0. The van der Waals surface area contributed by atoms with E-state index in [1.165, 1.54) is 30.5 Å². The number of para-hydroxylation sites is 2. The summed E-state index contributed by atoms with van der Waals surface area (Å²) in [5.74, 6) is 0.459. The average molecular weight is 401 g/mol. The van der Waals surface area contributed by atoms with Crippen LogP contribution in [0.1, 0.15) is 0 Å². The molecule has 0 bridgehead atoms. The van der Waals surface area contributed by atoms with E-state index in [1.54, 1.807) is 0 Å². The second kappa shape index (κ2) is 6.53. The van der Waals surface area contributed by atoms with Crippen LogP contribution in [0.15, 0.2) is 59.6 Å². The Balaban J connectivity index is 1.64. The number of halogens is 1. The van der Waals surface area contributed by atoms with Crippen LogP contribution in [0.4, 0.5) is 11.8 Å². The van der Waals surface area contributed by atoms with Crippen LogP contribution >= 0.6 is 11.6 Å². The molecule has 27 heavy (non-hydrogen) atoms. The first kappa shape index (κ1) is 17.3. The highest BCUT2D eigenvalue weighted by Gasteiger charge is 2.17. The van der Waals surface area contributed by atoms with Crippen molar-refractivity contribution < 1.29 is 8.42 Å². The van der Waals surface area contributed by atoms with Crippen LogP contribution in [0.25, 0.3) is 22.4 Å². The van der Waals surface area contributed by atoms with Gasteiger partial charge in [-0.3, -0.25) is 0 Å². The minimum Gasteiger partial charge on any atom is -0.383 e. The van der Waals surface area contributed by atoms with E-state index in [4.69, 9.17) is 17.3 Å². The van der Waals surface area contributed by atoms with Crippen LogP contribution in [-0.4, -0.2) is 28.4 Å². The molecule has 0 aliphatic rings. The largest absolute Gasteiger partial charge is 0.383 e. The van der Waals surface area contributed by atoms with Crippen molar-refractivity contribution in [2.75, 3.05) is 10.5 Å². The lowest BCUT2D eigenvalue weighted by molar-refractivity contribution is 0.601. The molecule has 0 saturated carbocycles. The highest BCUT2D eigenvalue weighted by molar-refractivity contribution is 7.92. The first-order valence-electron chi connectivity index (χ1n) is 7.78. The van der Waals surface area contributed by atoms with Crippen molar-refractivity contribution in [3.8, 4) is 11.4 Å². The summed E-state index contributed by atoms with van der Waals surface area (Å²) in [6.07, 6.45) is 1.42. The molecule has 4 rings (SSSR count). The molecule has 4 aromatic rings. The molecule has 0 atom stereocenters. The van der Waals surface area contributed by atoms with Gasteiger partial charge in [-0.25, -0.2) is 23.1 Å². The number of benzene rings is 2. The Bertz CT molecular complexity index is 1210. The SMILES string of the molecule is Nc1nc(NS(=O)(=O)c2ccc(Cl)cc2)ncc1-c1nc2ccccc2[nH]1. The zero-order valence-electron chi connectivity index (χ0n) is 13.7. The van der Waals surface area contributed by atoms with Crippen LogP contribution in [0.3, 0.4) is 0 Å². The summed E-state index contributed by atoms with van der Waals surface area (Å²) in [7, 11) is -3.86. The lowest BCUT2D eigenvalue weighted by atomic mass is 10.3. The third kappa shape index (κ3) is 3.42.